The molecule has 0 aliphatic carbocycles. The summed E-state index contributed by atoms with van der Waals surface area (Å²) in [4.78, 5) is 17.4. The summed E-state index contributed by atoms with van der Waals surface area (Å²) in [5, 5.41) is 6.61. The Morgan fingerprint density at radius 3 is 2.68 bits per heavy atom. The Hall–Kier alpha value is -1.43. The molecule has 1 aromatic carbocycles. The molecule has 1 aromatic rings. The molecule has 0 aromatic heterocycles. The van der Waals surface area contributed by atoms with E-state index in [2.05, 4.69) is 39.6 Å². The lowest BCUT2D eigenvalue weighted by molar-refractivity contribution is -0.126. The number of amides is 1. The molecule has 2 saturated heterocycles. The molecule has 2 aliphatic rings. The maximum Gasteiger partial charge on any atom is 0.224 e. The van der Waals surface area contributed by atoms with E-state index in [4.69, 9.17) is 0 Å². The molecule has 1 amide bonds. The molecular formula is C20H32N4O. The number of nitrogens with one attached hydrogen (secondary N) is 2. The fourth-order valence-corrected chi connectivity index (χ4v) is 3.88. The van der Waals surface area contributed by atoms with Gasteiger partial charge in [-0.2, -0.15) is 0 Å². The molecule has 0 bridgehead atoms. The Bertz CT molecular complexity index is 528. The summed E-state index contributed by atoms with van der Waals surface area (Å²) in [6.45, 7) is 8.32. The lowest BCUT2D eigenvalue weighted by atomic mass is 9.89. The van der Waals surface area contributed by atoms with Crippen LogP contribution in [-0.2, 0) is 11.2 Å². The molecule has 0 spiro atoms. The van der Waals surface area contributed by atoms with E-state index in [-0.39, 0.29) is 11.8 Å². The Labute approximate surface area is 151 Å². The topological polar surface area (TPSA) is 47.6 Å². The van der Waals surface area contributed by atoms with Gasteiger partial charge in [0.25, 0.3) is 0 Å². The number of benzene rings is 1. The van der Waals surface area contributed by atoms with Gasteiger partial charge in [0.05, 0.1) is 5.92 Å². The number of piperidine rings is 1. The van der Waals surface area contributed by atoms with Crippen LogP contribution >= 0.6 is 0 Å². The molecule has 2 fully saturated rings. The van der Waals surface area contributed by atoms with Gasteiger partial charge in [-0.05, 0) is 37.9 Å². The van der Waals surface area contributed by atoms with Crippen LogP contribution in [-0.4, -0.2) is 75.1 Å². The van der Waals surface area contributed by atoms with E-state index in [0.717, 1.165) is 65.2 Å². The van der Waals surface area contributed by atoms with Crippen LogP contribution in [0.4, 0.5) is 0 Å². The molecule has 2 N–H and O–H groups in total. The second-order valence-electron chi connectivity index (χ2n) is 7.59. The molecule has 2 heterocycles. The summed E-state index contributed by atoms with van der Waals surface area (Å²) in [5.74, 6) is 0.913. The van der Waals surface area contributed by atoms with Crippen LogP contribution in [0.25, 0.3) is 0 Å². The van der Waals surface area contributed by atoms with E-state index in [1.165, 1.54) is 5.56 Å². The number of hydrogen-bond donors (Lipinski definition) is 2. The molecule has 2 atom stereocenters. The highest BCUT2D eigenvalue weighted by Crippen LogP contribution is 2.18. The van der Waals surface area contributed by atoms with Crippen molar-refractivity contribution >= 4 is 5.91 Å². The van der Waals surface area contributed by atoms with Gasteiger partial charge in [0.15, 0.2) is 0 Å². The number of piperazine rings is 1. The second-order valence-corrected chi connectivity index (χ2v) is 7.59. The van der Waals surface area contributed by atoms with Gasteiger partial charge in [0.1, 0.15) is 0 Å². The zero-order valence-electron chi connectivity index (χ0n) is 15.4. The minimum Gasteiger partial charge on any atom is -0.355 e. The molecule has 3 rings (SSSR count). The van der Waals surface area contributed by atoms with Crippen molar-refractivity contribution in [3.05, 3.63) is 35.9 Å². The third kappa shape index (κ3) is 5.80. The number of rotatable bonds is 6. The number of carbonyl (C=O) groups is 1. The molecule has 25 heavy (non-hydrogen) atoms. The van der Waals surface area contributed by atoms with Crippen LogP contribution in [0.5, 0.6) is 0 Å². The summed E-state index contributed by atoms with van der Waals surface area (Å²) in [7, 11) is 2.19. The molecule has 138 valence electrons. The Balaban J connectivity index is 1.39. The van der Waals surface area contributed by atoms with Crippen molar-refractivity contribution in [2.45, 2.75) is 12.8 Å². The van der Waals surface area contributed by atoms with E-state index in [9.17, 15) is 4.79 Å². The van der Waals surface area contributed by atoms with Gasteiger partial charge < -0.3 is 20.4 Å². The van der Waals surface area contributed by atoms with Gasteiger partial charge in [-0.3, -0.25) is 4.79 Å². The van der Waals surface area contributed by atoms with Gasteiger partial charge >= 0.3 is 0 Å². The van der Waals surface area contributed by atoms with E-state index in [0.29, 0.717) is 5.92 Å². The SMILES string of the molecule is CN1CCN(C[C@@H]2CNC[C@H](C(=O)NCCc3ccccc3)C2)CC1. The van der Waals surface area contributed by atoms with Crippen molar-refractivity contribution in [1.82, 2.24) is 20.4 Å². The summed E-state index contributed by atoms with van der Waals surface area (Å²) in [5.41, 5.74) is 1.28. The summed E-state index contributed by atoms with van der Waals surface area (Å²) < 4.78 is 0. The lowest BCUT2D eigenvalue weighted by Gasteiger charge is -2.37. The Kier molecular flexibility index (Phi) is 6.84. The molecule has 5 heteroatoms. The van der Waals surface area contributed by atoms with Crippen LogP contribution in [0.1, 0.15) is 12.0 Å². The van der Waals surface area contributed by atoms with Crippen LogP contribution in [0.2, 0.25) is 0 Å². The second kappa shape index (κ2) is 9.32. The van der Waals surface area contributed by atoms with Gasteiger partial charge in [0, 0.05) is 45.8 Å². The zero-order chi connectivity index (χ0) is 17.5. The summed E-state index contributed by atoms with van der Waals surface area (Å²) >= 11 is 0. The maximum absolute atomic E-state index is 12.5. The van der Waals surface area contributed by atoms with E-state index in [1.54, 1.807) is 0 Å². The summed E-state index contributed by atoms with van der Waals surface area (Å²) in [6, 6.07) is 10.3. The number of nitrogens with zero attached hydrogens (tertiary/aromatic N) is 2. The number of likely N-dealkylation sites (N-methyl/N-ethyl adjacent to an activating group) is 1. The van der Waals surface area contributed by atoms with E-state index in [1.807, 2.05) is 18.2 Å². The Morgan fingerprint density at radius 1 is 1.16 bits per heavy atom. The van der Waals surface area contributed by atoms with Crippen molar-refractivity contribution in [1.29, 1.82) is 0 Å². The molecule has 2 aliphatic heterocycles. The van der Waals surface area contributed by atoms with Crippen molar-refractivity contribution < 1.29 is 4.79 Å². The normalized spacial score (nSPS) is 25.6. The lowest BCUT2D eigenvalue weighted by Crippen LogP contribution is -2.50. The first kappa shape index (κ1) is 18.4. The quantitative estimate of drug-likeness (QED) is 0.802. The van der Waals surface area contributed by atoms with Crippen LogP contribution in [0, 0.1) is 11.8 Å². The highest BCUT2D eigenvalue weighted by atomic mass is 16.1. The third-order valence-corrected chi connectivity index (χ3v) is 5.48. The monoisotopic (exact) mass is 344 g/mol. The van der Waals surface area contributed by atoms with Crippen molar-refractivity contribution in [3.63, 3.8) is 0 Å². The van der Waals surface area contributed by atoms with Crippen molar-refractivity contribution in [2.24, 2.45) is 11.8 Å². The summed E-state index contributed by atoms with van der Waals surface area (Å²) in [6.07, 6.45) is 1.91. The molecule has 0 saturated carbocycles. The van der Waals surface area contributed by atoms with Gasteiger partial charge in [-0.15, -0.1) is 0 Å². The highest BCUT2D eigenvalue weighted by molar-refractivity contribution is 5.79. The van der Waals surface area contributed by atoms with E-state index < -0.39 is 0 Å². The first-order valence-electron chi connectivity index (χ1n) is 9.64. The van der Waals surface area contributed by atoms with Crippen molar-refractivity contribution in [2.75, 3.05) is 59.4 Å². The number of hydrogen-bond acceptors (Lipinski definition) is 4. The molecule has 5 nitrogen and oxygen atoms in total. The minimum absolute atomic E-state index is 0.113. The predicted molar refractivity (Wildman–Crippen MR) is 102 cm³/mol. The fourth-order valence-electron chi connectivity index (χ4n) is 3.88. The Morgan fingerprint density at radius 2 is 1.92 bits per heavy atom. The van der Waals surface area contributed by atoms with Crippen molar-refractivity contribution in [3.8, 4) is 0 Å². The average Bonchev–Trinajstić information content (AvgIpc) is 2.65. The average molecular weight is 345 g/mol. The number of carbonyl (C=O) groups excluding carboxylic acids is 1. The molecule has 0 unspecified atom stereocenters. The molecule has 0 radical (unpaired) electrons. The zero-order valence-corrected chi connectivity index (χ0v) is 15.4. The largest absolute Gasteiger partial charge is 0.355 e. The van der Waals surface area contributed by atoms with Gasteiger partial charge in [0.2, 0.25) is 5.91 Å². The predicted octanol–water partition coefficient (Wildman–Crippen LogP) is 0.818. The van der Waals surface area contributed by atoms with Crippen LogP contribution in [0.15, 0.2) is 30.3 Å². The maximum atomic E-state index is 12.5. The molecular weight excluding hydrogens is 312 g/mol. The van der Waals surface area contributed by atoms with Crippen LogP contribution in [0.3, 0.4) is 0 Å². The van der Waals surface area contributed by atoms with Crippen LogP contribution < -0.4 is 10.6 Å². The smallest absolute Gasteiger partial charge is 0.224 e. The fraction of sp³-hybridized carbons (Fsp3) is 0.650. The first-order valence-corrected chi connectivity index (χ1v) is 9.64. The first-order chi connectivity index (χ1) is 12.2. The van der Waals surface area contributed by atoms with Gasteiger partial charge in [-0.25, -0.2) is 0 Å². The van der Waals surface area contributed by atoms with E-state index >= 15 is 0 Å². The third-order valence-electron chi connectivity index (χ3n) is 5.48. The van der Waals surface area contributed by atoms with Gasteiger partial charge in [-0.1, -0.05) is 30.3 Å². The highest BCUT2D eigenvalue weighted by Gasteiger charge is 2.28. The standard InChI is InChI=1S/C20H32N4O/c1-23-9-11-24(12-10-23)16-18-13-19(15-21-14-18)20(25)22-8-7-17-5-3-2-4-6-17/h2-6,18-19,21H,7-16H2,1H3,(H,22,25)/t18-,19+/m0/s1. The minimum atomic E-state index is 0.113.